The van der Waals surface area contributed by atoms with Crippen molar-refractivity contribution in [3.63, 3.8) is 0 Å². The van der Waals surface area contributed by atoms with Crippen molar-refractivity contribution < 1.29 is 13.2 Å². The van der Waals surface area contributed by atoms with E-state index in [9.17, 15) is 13.2 Å². The number of nitrogens with one attached hydrogen (secondary N) is 1. The Morgan fingerprint density at radius 3 is 2.74 bits per heavy atom. The fourth-order valence-electron chi connectivity index (χ4n) is 1.60. The monoisotopic (exact) mass is 284 g/mol. The smallest absolute Gasteiger partial charge is 0.251 e. The van der Waals surface area contributed by atoms with Crippen molar-refractivity contribution in [2.45, 2.75) is 13.3 Å². The van der Waals surface area contributed by atoms with Crippen molar-refractivity contribution in [3.8, 4) is 0 Å². The van der Waals surface area contributed by atoms with Gasteiger partial charge in [0, 0.05) is 17.9 Å². The van der Waals surface area contributed by atoms with Gasteiger partial charge >= 0.3 is 0 Å². The van der Waals surface area contributed by atoms with Crippen molar-refractivity contribution in [1.82, 2.24) is 5.32 Å². The quantitative estimate of drug-likeness (QED) is 0.756. The Balaban J connectivity index is 2.56. The van der Waals surface area contributed by atoms with Gasteiger partial charge in [-0.05, 0) is 30.7 Å². The van der Waals surface area contributed by atoms with Gasteiger partial charge in [-0.2, -0.15) is 0 Å². The van der Waals surface area contributed by atoms with Crippen LogP contribution in [-0.2, 0) is 16.3 Å². The van der Waals surface area contributed by atoms with Crippen LogP contribution >= 0.6 is 0 Å². The highest BCUT2D eigenvalue weighted by molar-refractivity contribution is 7.91. The Labute approximate surface area is 114 Å². The largest absolute Gasteiger partial charge is 0.351 e. The van der Waals surface area contributed by atoms with E-state index < -0.39 is 9.84 Å². The summed E-state index contributed by atoms with van der Waals surface area (Å²) in [7, 11) is -3.05. The van der Waals surface area contributed by atoms with E-state index in [1.54, 1.807) is 25.1 Å². The summed E-state index contributed by atoms with van der Waals surface area (Å²) >= 11 is 0. The Hall–Kier alpha value is -1.40. The number of rotatable bonds is 7. The molecule has 1 aromatic carbocycles. The maximum atomic E-state index is 11.8. The average molecular weight is 284 g/mol. The molecular formula is C13H20N2O3S. The lowest BCUT2D eigenvalue weighted by Crippen LogP contribution is -2.29. The number of benzene rings is 1. The molecule has 0 bridgehead atoms. The van der Waals surface area contributed by atoms with E-state index in [0.29, 0.717) is 18.5 Å². The highest BCUT2D eigenvalue weighted by Gasteiger charge is 2.09. The zero-order chi connectivity index (χ0) is 14.3. The molecule has 0 aliphatic rings. The van der Waals surface area contributed by atoms with Crippen molar-refractivity contribution in [2.75, 3.05) is 24.6 Å². The summed E-state index contributed by atoms with van der Waals surface area (Å²) in [5, 5.41) is 2.61. The Morgan fingerprint density at radius 2 is 2.11 bits per heavy atom. The van der Waals surface area contributed by atoms with Crippen LogP contribution in [0, 0.1) is 0 Å². The molecule has 1 rings (SSSR count). The molecule has 0 aromatic heterocycles. The molecule has 0 heterocycles. The maximum absolute atomic E-state index is 11.8. The van der Waals surface area contributed by atoms with E-state index in [1.807, 2.05) is 6.07 Å². The molecular weight excluding hydrogens is 264 g/mol. The Bertz CT molecular complexity index is 526. The van der Waals surface area contributed by atoms with Crippen LogP contribution in [0.4, 0.5) is 0 Å². The second kappa shape index (κ2) is 7.25. The fourth-order valence-corrected chi connectivity index (χ4v) is 2.30. The minimum Gasteiger partial charge on any atom is -0.351 e. The van der Waals surface area contributed by atoms with E-state index >= 15 is 0 Å². The van der Waals surface area contributed by atoms with Crippen molar-refractivity contribution in [1.29, 1.82) is 0 Å². The number of sulfone groups is 1. The normalized spacial score (nSPS) is 11.3. The number of carbonyl (C=O) groups excluding carboxylic acids is 1. The topological polar surface area (TPSA) is 89.3 Å². The third-order valence-corrected chi connectivity index (χ3v) is 4.47. The van der Waals surface area contributed by atoms with Crippen LogP contribution < -0.4 is 11.1 Å². The number of hydrogen-bond acceptors (Lipinski definition) is 4. The summed E-state index contributed by atoms with van der Waals surface area (Å²) in [4.78, 5) is 11.8. The summed E-state index contributed by atoms with van der Waals surface area (Å²) in [6.45, 7) is 2.25. The molecule has 3 N–H and O–H groups in total. The molecule has 0 unspecified atom stereocenters. The summed E-state index contributed by atoms with van der Waals surface area (Å²) in [5.74, 6) is -0.197. The minimum absolute atomic E-state index is 0.0300. The van der Waals surface area contributed by atoms with Crippen molar-refractivity contribution >= 4 is 15.7 Å². The molecule has 5 nitrogen and oxygen atoms in total. The van der Waals surface area contributed by atoms with Gasteiger partial charge in [0.15, 0.2) is 9.84 Å². The molecule has 0 radical (unpaired) electrons. The SMILES string of the molecule is CCS(=O)(=O)CCNC(=O)c1cccc(CCN)c1. The van der Waals surface area contributed by atoms with Gasteiger partial charge in [-0.3, -0.25) is 4.79 Å². The molecule has 0 atom stereocenters. The van der Waals surface area contributed by atoms with Gasteiger partial charge in [-0.25, -0.2) is 8.42 Å². The van der Waals surface area contributed by atoms with Crippen LogP contribution in [0.2, 0.25) is 0 Å². The van der Waals surface area contributed by atoms with Gasteiger partial charge in [0.25, 0.3) is 5.91 Å². The van der Waals surface area contributed by atoms with Gasteiger partial charge in [-0.1, -0.05) is 19.1 Å². The zero-order valence-electron chi connectivity index (χ0n) is 11.1. The lowest BCUT2D eigenvalue weighted by atomic mass is 10.1. The van der Waals surface area contributed by atoms with Crippen LogP contribution in [0.5, 0.6) is 0 Å². The molecule has 19 heavy (non-hydrogen) atoms. The zero-order valence-corrected chi connectivity index (χ0v) is 11.9. The molecule has 0 spiro atoms. The molecule has 6 heteroatoms. The second-order valence-electron chi connectivity index (χ2n) is 4.23. The summed E-state index contributed by atoms with van der Waals surface area (Å²) < 4.78 is 22.6. The third-order valence-electron chi connectivity index (χ3n) is 2.76. The number of nitrogens with two attached hydrogens (primary N) is 1. The van der Waals surface area contributed by atoms with Crippen LogP contribution in [-0.4, -0.2) is 38.9 Å². The van der Waals surface area contributed by atoms with Crippen LogP contribution in [0.15, 0.2) is 24.3 Å². The molecule has 0 saturated heterocycles. The predicted molar refractivity (Wildman–Crippen MR) is 75.9 cm³/mol. The van der Waals surface area contributed by atoms with E-state index in [2.05, 4.69) is 5.32 Å². The van der Waals surface area contributed by atoms with E-state index in [-0.39, 0.29) is 24.0 Å². The Morgan fingerprint density at radius 1 is 1.37 bits per heavy atom. The Kier molecular flexibility index (Phi) is 5.98. The third kappa shape index (κ3) is 5.40. The molecule has 0 aliphatic heterocycles. The second-order valence-corrected chi connectivity index (χ2v) is 6.70. The first kappa shape index (κ1) is 15.7. The van der Waals surface area contributed by atoms with Crippen molar-refractivity contribution in [2.24, 2.45) is 5.73 Å². The van der Waals surface area contributed by atoms with Crippen LogP contribution in [0.1, 0.15) is 22.8 Å². The lowest BCUT2D eigenvalue weighted by molar-refractivity contribution is 0.0956. The highest BCUT2D eigenvalue weighted by atomic mass is 32.2. The predicted octanol–water partition coefficient (Wildman–Crippen LogP) is 0.352. The van der Waals surface area contributed by atoms with Gasteiger partial charge < -0.3 is 11.1 Å². The number of amides is 1. The van der Waals surface area contributed by atoms with Gasteiger partial charge in [0.05, 0.1) is 5.75 Å². The molecule has 0 fully saturated rings. The maximum Gasteiger partial charge on any atom is 0.251 e. The number of hydrogen-bond donors (Lipinski definition) is 2. The van der Waals surface area contributed by atoms with Crippen molar-refractivity contribution in [3.05, 3.63) is 35.4 Å². The fraction of sp³-hybridized carbons (Fsp3) is 0.462. The van der Waals surface area contributed by atoms with Gasteiger partial charge in [-0.15, -0.1) is 0 Å². The van der Waals surface area contributed by atoms with E-state index in [4.69, 9.17) is 5.73 Å². The number of carbonyl (C=O) groups is 1. The first-order valence-electron chi connectivity index (χ1n) is 6.26. The average Bonchev–Trinajstić information content (AvgIpc) is 2.39. The molecule has 1 aromatic rings. The van der Waals surface area contributed by atoms with E-state index in [1.165, 1.54) is 0 Å². The minimum atomic E-state index is -3.05. The van der Waals surface area contributed by atoms with Crippen LogP contribution in [0.25, 0.3) is 0 Å². The molecule has 106 valence electrons. The summed E-state index contributed by atoms with van der Waals surface area (Å²) in [6, 6.07) is 7.17. The summed E-state index contributed by atoms with van der Waals surface area (Å²) in [5.41, 5.74) is 6.99. The van der Waals surface area contributed by atoms with Gasteiger partial charge in [0.2, 0.25) is 0 Å². The molecule has 0 saturated carbocycles. The van der Waals surface area contributed by atoms with Gasteiger partial charge in [0.1, 0.15) is 0 Å². The van der Waals surface area contributed by atoms with E-state index in [0.717, 1.165) is 5.56 Å². The standard InChI is InChI=1S/C13H20N2O3S/c1-2-19(17,18)9-8-15-13(16)12-5-3-4-11(10-12)6-7-14/h3-5,10H,2,6-9,14H2,1H3,(H,15,16). The first-order valence-corrected chi connectivity index (χ1v) is 8.08. The molecule has 0 aliphatic carbocycles. The van der Waals surface area contributed by atoms with Crippen LogP contribution in [0.3, 0.4) is 0 Å². The summed E-state index contributed by atoms with van der Waals surface area (Å²) in [6.07, 6.45) is 0.714. The first-order chi connectivity index (χ1) is 8.98. The highest BCUT2D eigenvalue weighted by Crippen LogP contribution is 2.05. The molecule has 1 amide bonds. The lowest BCUT2D eigenvalue weighted by Gasteiger charge is -2.06.